The fraction of sp³-hybridized carbons (Fsp3) is 0.647. The van der Waals surface area contributed by atoms with Gasteiger partial charge in [0.25, 0.3) is 5.69 Å². The van der Waals surface area contributed by atoms with Gasteiger partial charge in [-0.15, -0.1) is 0 Å². The highest BCUT2D eigenvalue weighted by molar-refractivity contribution is 5.32. The highest BCUT2D eigenvalue weighted by Crippen LogP contribution is 2.46. The van der Waals surface area contributed by atoms with Crippen LogP contribution in [-0.4, -0.2) is 22.4 Å². The Bertz CT molecular complexity index is 506. The number of nitro benzene ring substituents is 1. The Kier molecular flexibility index (Phi) is 3.98. The van der Waals surface area contributed by atoms with Crippen LogP contribution >= 0.6 is 0 Å². The van der Waals surface area contributed by atoms with Crippen LogP contribution in [0.5, 0.6) is 0 Å². The number of hydrogen-bond donors (Lipinski definition) is 0. The van der Waals surface area contributed by atoms with Crippen LogP contribution in [0.3, 0.4) is 0 Å². The molecule has 4 nitrogen and oxygen atoms in total. The van der Waals surface area contributed by atoms with E-state index >= 15 is 0 Å². The minimum Gasteiger partial charge on any atom is -0.296 e. The molecular weight excluding hydrogens is 264 g/mol. The molecule has 1 heterocycles. The summed E-state index contributed by atoms with van der Waals surface area (Å²) in [5.74, 6) is 0. The zero-order valence-corrected chi connectivity index (χ0v) is 12.8. The first-order valence-corrected chi connectivity index (χ1v) is 8.05. The normalized spacial score (nSPS) is 25.3. The third kappa shape index (κ3) is 3.10. The molecule has 114 valence electrons. The van der Waals surface area contributed by atoms with Gasteiger partial charge in [0.15, 0.2) is 0 Å². The van der Waals surface area contributed by atoms with Crippen molar-refractivity contribution in [1.82, 2.24) is 4.90 Å². The molecule has 1 saturated heterocycles. The van der Waals surface area contributed by atoms with E-state index in [2.05, 4.69) is 11.8 Å². The van der Waals surface area contributed by atoms with E-state index < -0.39 is 0 Å². The van der Waals surface area contributed by atoms with E-state index in [1.165, 1.54) is 50.6 Å². The molecule has 2 fully saturated rings. The van der Waals surface area contributed by atoms with E-state index in [1.807, 2.05) is 12.1 Å². The smallest absolute Gasteiger partial charge is 0.269 e. The molecule has 1 aromatic rings. The zero-order valence-electron chi connectivity index (χ0n) is 12.8. The molecule has 3 rings (SSSR count). The first-order valence-electron chi connectivity index (χ1n) is 8.05. The van der Waals surface area contributed by atoms with Crippen LogP contribution in [0.15, 0.2) is 24.3 Å². The SMILES string of the molecule is CC1CC2(CCCCC2)CN1Cc1ccc([N+](=O)[O-])cc1. The molecule has 4 heteroatoms. The van der Waals surface area contributed by atoms with Crippen molar-refractivity contribution in [3.05, 3.63) is 39.9 Å². The number of non-ortho nitro benzene ring substituents is 1. The lowest BCUT2D eigenvalue weighted by Gasteiger charge is -2.33. The Morgan fingerprint density at radius 1 is 1.24 bits per heavy atom. The van der Waals surface area contributed by atoms with Gasteiger partial charge in [0.05, 0.1) is 4.92 Å². The van der Waals surface area contributed by atoms with E-state index in [4.69, 9.17) is 0 Å². The summed E-state index contributed by atoms with van der Waals surface area (Å²) in [4.78, 5) is 12.9. The first-order chi connectivity index (χ1) is 10.1. The molecule has 1 atom stereocenters. The van der Waals surface area contributed by atoms with E-state index in [1.54, 1.807) is 12.1 Å². The fourth-order valence-electron chi connectivity index (χ4n) is 4.24. The summed E-state index contributed by atoms with van der Waals surface area (Å²) in [5, 5.41) is 10.7. The molecule has 0 bridgehead atoms. The predicted molar refractivity (Wildman–Crippen MR) is 83.1 cm³/mol. The zero-order chi connectivity index (χ0) is 14.9. The van der Waals surface area contributed by atoms with E-state index in [0.29, 0.717) is 11.5 Å². The van der Waals surface area contributed by atoms with Gasteiger partial charge < -0.3 is 0 Å². The predicted octanol–water partition coefficient (Wildman–Crippen LogP) is 4.14. The van der Waals surface area contributed by atoms with Gasteiger partial charge >= 0.3 is 0 Å². The lowest BCUT2D eigenvalue weighted by atomic mass is 9.73. The molecule has 1 aromatic carbocycles. The number of nitrogens with zero attached hydrogens (tertiary/aromatic N) is 2. The first kappa shape index (κ1) is 14.5. The summed E-state index contributed by atoms with van der Waals surface area (Å²) in [7, 11) is 0. The quantitative estimate of drug-likeness (QED) is 0.620. The van der Waals surface area contributed by atoms with Crippen molar-refractivity contribution in [3.63, 3.8) is 0 Å². The second-order valence-corrected chi connectivity index (χ2v) is 6.94. The van der Waals surface area contributed by atoms with Gasteiger partial charge in [-0.05, 0) is 37.2 Å². The lowest BCUT2D eigenvalue weighted by Crippen LogP contribution is -2.30. The average Bonchev–Trinajstić information content (AvgIpc) is 2.76. The van der Waals surface area contributed by atoms with Crippen LogP contribution in [0.2, 0.25) is 0 Å². The van der Waals surface area contributed by atoms with Crippen LogP contribution in [0, 0.1) is 15.5 Å². The largest absolute Gasteiger partial charge is 0.296 e. The molecule has 0 aromatic heterocycles. The van der Waals surface area contributed by atoms with E-state index in [0.717, 1.165) is 6.54 Å². The maximum absolute atomic E-state index is 10.7. The molecule has 1 spiro atoms. The minimum absolute atomic E-state index is 0.178. The van der Waals surface area contributed by atoms with Crippen LogP contribution < -0.4 is 0 Å². The Labute approximate surface area is 126 Å². The summed E-state index contributed by atoms with van der Waals surface area (Å²) in [6.45, 7) is 4.45. The Morgan fingerprint density at radius 2 is 1.90 bits per heavy atom. The van der Waals surface area contributed by atoms with Crippen molar-refractivity contribution >= 4 is 5.69 Å². The van der Waals surface area contributed by atoms with Gasteiger partial charge in [-0.2, -0.15) is 0 Å². The van der Waals surface area contributed by atoms with Crippen molar-refractivity contribution < 1.29 is 4.92 Å². The molecule has 0 amide bonds. The van der Waals surface area contributed by atoms with Gasteiger partial charge in [0.2, 0.25) is 0 Å². The van der Waals surface area contributed by atoms with Crippen LogP contribution in [-0.2, 0) is 6.54 Å². The second kappa shape index (κ2) is 5.76. The monoisotopic (exact) mass is 288 g/mol. The molecular formula is C17H24N2O2. The maximum Gasteiger partial charge on any atom is 0.269 e. The van der Waals surface area contributed by atoms with Crippen LogP contribution in [0.25, 0.3) is 0 Å². The Morgan fingerprint density at radius 3 is 2.52 bits per heavy atom. The highest BCUT2D eigenvalue weighted by atomic mass is 16.6. The highest BCUT2D eigenvalue weighted by Gasteiger charge is 2.42. The summed E-state index contributed by atoms with van der Waals surface area (Å²) in [5.41, 5.74) is 1.91. The molecule has 1 aliphatic heterocycles. The number of hydrogen-bond acceptors (Lipinski definition) is 3. The molecule has 1 aliphatic carbocycles. The number of rotatable bonds is 3. The molecule has 0 N–H and O–H groups in total. The van der Waals surface area contributed by atoms with Crippen molar-refractivity contribution in [2.45, 2.75) is 58.0 Å². The average molecular weight is 288 g/mol. The standard InChI is InChI=1S/C17H24N2O2/c1-14-11-17(9-3-2-4-10-17)13-18(14)12-15-5-7-16(8-6-15)19(20)21/h5-8,14H,2-4,9-13H2,1H3. The molecule has 21 heavy (non-hydrogen) atoms. The van der Waals surface area contributed by atoms with Gasteiger partial charge in [-0.1, -0.05) is 31.4 Å². The van der Waals surface area contributed by atoms with Gasteiger partial charge in [0.1, 0.15) is 0 Å². The lowest BCUT2D eigenvalue weighted by molar-refractivity contribution is -0.384. The summed E-state index contributed by atoms with van der Waals surface area (Å²) in [6, 6.07) is 7.66. The third-order valence-corrected chi connectivity index (χ3v) is 5.34. The van der Waals surface area contributed by atoms with Gasteiger partial charge in [0, 0.05) is 31.3 Å². The van der Waals surface area contributed by atoms with Crippen molar-refractivity contribution in [2.75, 3.05) is 6.54 Å². The molecule has 0 radical (unpaired) electrons. The van der Waals surface area contributed by atoms with E-state index in [9.17, 15) is 10.1 Å². The van der Waals surface area contributed by atoms with Gasteiger partial charge in [-0.3, -0.25) is 15.0 Å². The Balaban J connectivity index is 1.66. The van der Waals surface area contributed by atoms with E-state index in [-0.39, 0.29) is 10.6 Å². The maximum atomic E-state index is 10.7. The number of nitro groups is 1. The summed E-state index contributed by atoms with van der Waals surface area (Å²) >= 11 is 0. The molecule has 1 unspecified atom stereocenters. The van der Waals surface area contributed by atoms with Crippen LogP contribution in [0.4, 0.5) is 5.69 Å². The topological polar surface area (TPSA) is 46.4 Å². The van der Waals surface area contributed by atoms with Gasteiger partial charge in [-0.25, -0.2) is 0 Å². The number of benzene rings is 1. The summed E-state index contributed by atoms with van der Waals surface area (Å²) < 4.78 is 0. The fourth-order valence-corrected chi connectivity index (χ4v) is 4.24. The van der Waals surface area contributed by atoms with Crippen molar-refractivity contribution in [3.8, 4) is 0 Å². The number of likely N-dealkylation sites (tertiary alicyclic amines) is 1. The summed E-state index contributed by atoms with van der Waals surface area (Å²) in [6.07, 6.45) is 8.26. The third-order valence-electron chi connectivity index (χ3n) is 5.34. The van der Waals surface area contributed by atoms with Crippen LogP contribution in [0.1, 0.15) is 51.0 Å². The molecule has 2 aliphatic rings. The molecule has 1 saturated carbocycles. The second-order valence-electron chi connectivity index (χ2n) is 6.94. The van der Waals surface area contributed by atoms with Crippen molar-refractivity contribution in [1.29, 1.82) is 0 Å². The Hall–Kier alpha value is -1.42. The van der Waals surface area contributed by atoms with Crippen molar-refractivity contribution in [2.24, 2.45) is 5.41 Å². The minimum atomic E-state index is -0.334.